The number of hydrogen-bond donors (Lipinski definition) is 0. The molecule has 2 bridgehead atoms. The first-order valence-electron chi connectivity index (χ1n) is 4.93. The zero-order chi connectivity index (χ0) is 10.1. The fourth-order valence-corrected chi connectivity index (χ4v) is 4.42. The van der Waals surface area contributed by atoms with E-state index in [4.69, 9.17) is 4.74 Å². The molecular formula is C10H12O3S. The Balaban J connectivity index is 2.21. The molecule has 0 aromatic heterocycles. The topological polar surface area (TPSA) is 43.4 Å². The van der Waals surface area contributed by atoms with Crippen molar-refractivity contribution in [2.75, 3.05) is 0 Å². The highest BCUT2D eigenvalue weighted by molar-refractivity contribution is 8.26. The van der Waals surface area contributed by atoms with Crippen LogP contribution in [0.5, 0.6) is 0 Å². The fourth-order valence-electron chi connectivity index (χ4n) is 3.14. The summed E-state index contributed by atoms with van der Waals surface area (Å²) in [5.74, 6) is 0. The van der Waals surface area contributed by atoms with Crippen LogP contribution in [0, 0.1) is 10.8 Å². The summed E-state index contributed by atoms with van der Waals surface area (Å²) in [5, 5.41) is 0.0226. The van der Waals surface area contributed by atoms with Crippen molar-refractivity contribution in [3.63, 3.8) is 0 Å². The van der Waals surface area contributed by atoms with Crippen LogP contribution < -0.4 is 0 Å². The first-order valence-corrected chi connectivity index (χ1v) is 5.75. The van der Waals surface area contributed by atoms with Gasteiger partial charge in [-0.3, -0.25) is 9.59 Å². The Morgan fingerprint density at radius 3 is 2.00 bits per heavy atom. The van der Waals surface area contributed by atoms with Crippen molar-refractivity contribution < 1.29 is 14.3 Å². The number of thioether (sulfide) groups is 1. The molecule has 4 heteroatoms. The van der Waals surface area contributed by atoms with Gasteiger partial charge in [-0.2, -0.15) is 0 Å². The Bertz CT molecular complexity index is 321. The lowest BCUT2D eigenvalue weighted by molar-refractivity contribution is -0.132. The fraction of sp³-hybridized carbons (Fsp3) is 0.800. The molecule has 3 rings (SSSR count). The molecule has 0 aromatic carbocycles. The van der Waals surface area contributed by atoms with Gasteiger partial charge in [0.15, 0.2) is 0 Å². The maximum Gasteiger partial charge on any atom is 0.206 e. The summed E-state index contributed by atoms with van der Waals surface area (Å²) < 4.78 is 5.73. The molecule has 0 spiro atoms. The molecule has 76 valence electrons. The molecule has 3 aliphatic rings. The van der Waals surface area contributed by atoms with Crippen molar-refractivity contribution in [3.8, 4) is 0 Å². The van der Waals surface area contributed by atoms with Gasteiger partial charge in [0.1, 0.15) is 0 Å². The Hall–Kier alpha value is -0.350. The number of ether oxygens (including phenoxy) is 1. The standard InChI is InChI=1S/C10H12O3S/c1-9-5-3-4-6(13-5)10(9,2)8(12)14-7(9)11/h5-6H,3-4H2,1-2H3/t5-,6+,9+,10-. The Morgan fingerprint density at radius 2 is 1.57 bits per heavy atom. The van der Waals surface area contributed by atoms with Crippen LogP contribution in [0.1, 0.15) is 26.7 Å². The number of carbonyl (C=O) groups excluding carboxylic acids is 2. The maximum atomic E-state index is 11.8. The monoisotopic (exact) mass is 212 g/mol. The summed E-state index contributed by atoms with van der Waals surface area (Å²) in [6.45, 7) is 3.80. The van der Waals surface area contributed by atoms with Crippen LogP contribution in [0.3, 0.4) is 0 Å². The van der Waals surface area contributed by atoms with Crippen molar-refractivity contribution in [3.05, 3.63) is 0 Å². The second-order valence-electron chi connectivity index (χ2n) is 4.77. The summed E-state index contributed by atoms with van der Waals surface area (Å²) in [7, 11) is 0. The van der Waals surface area contributed by atoms with Crippen LogP contribution in [0.15, 0.2) is 0 Å². The Morgan fingerprint density at radius 1 is 1.14 bits per heavy atom. The average molecular weight is 212 g/mol. The third-order valence-electron chi connectivity index (χ3n) is 4.42. The summed E-state index contributed by atoms with van der Waals surface area (Å²) in [4.78, 5) is 23.7. The van der Waals surface area contributed by atoms with E-state index in [0.717, 1.165) is 24.6 Å². The molecular weight excluding hydrogens is 200 g/mol. The predicted molar refractivity (Wildman–Crippen MR) is 51.7 cm³/mol. The summed E-state index contributed by atoms with van der Waals surface area (Å²) in [6, 6.07) is 0. The van der Waals surface area contributed by atoms with Gasteiger partial charge in [-0.15, -0.1) is 0 Å². The smallest absolute Gasteiger partial charge is 0.206 e. The molecule has 0 amide bonds. The molecule has 3 saturated heterocycles. The number of fused-ring (bicyclic) bond motifs is 5. The largest absolute Gasteiger partial charge is 0.373 e. The van der Waals surface area contributed by atoms with Crippen LogP contribution in [-0.2, 0) is 14.3 Å². The quantitative estimate of drug-likeness (QED) is 0.608. The van der Waals surface area contributed by atoms with Gasteiger partial charge in [-0.05, 0) is 38.5 Å². The minimum absolute atomic E-state index is 0.0113. The van der Waals surface area contributed by atoms with Gasteiger partial charge in [0, 0.05) is 0 Å². The van der Waals surface area contributed by atoms with E-state index in [1.807, 2.05) is 13.8 Å². The van der Waals surface area contributed by atoms with Gasteiger partial charge in [0.05, 0.1) is 23.0 Å². The molecule has 0 saturated carbocycles. The molecule has 4 atom stereocenters. The van der Waals surface area contributed by atoms with E-state index in [9.17, 15) is 9.59 Å². The van der Waals surface area contributed by atoms with Crippen LogP contribution in [0.2, 0.25) is 0 Å². The summed E-state index contributed by atoms with van der Waals surface area (Å²) >= 11 is 0.900. The number of carbonyl (C=O) groups is 2. The van der Waals surface area contributed by atoms with Crippen LogP contribution in [-0.4, -0.2) is 22.4 Å². The third-order valence-corrected chi connectivity index (χ3v) is 5.64. The number of rotatable bonds is 0. The molecule has 0 unspecified atom stereocenters. The lowest BCUT2D eigenvalue weighted by Gasteiger charge is -2.37. The van der Waals surface area contributed by atoms with E-state index in [2.05, 4.69) is 0 Å². The zero-order valence-corrected chi connectivity index (χ0v) is 9.02. The minimum atomic E-state index is -0.558. The molecule has 3 heterocycles. The molecule has 3 aliphatic heterocycles. The molecule has 0 radical (unpaired) electrons. The SMILES string of the molecule is C[C@@]12C(=O)SC(=O)[C@]1(C)[C@H]1CC[C@@H]2O1. The maximum absolute atomic E-state index is 11.8. The van der Waals surface area contributed by atoms with Crippen molar-refractivity contribution >= 4 is 22.0 Å². The molecule has 0 aromatic rings. The van der Waals surface area contributed by atoms with Gasteiger partial charge in [-0.25, -0.2) is 0 Å². The first kappa shape index (κ1) is 8.92. The van der Waals surface area contributed by atoms with Crippen LogP contribution in [0.25, 0.3) is 0 Å². The molecule has 14 heavy (non-hydrogen) atoms. The second-order valence-corrected chi connectivity index (χ2v) is 5.72. The lowest BCUT2D eigenvalue weighted by Crippen LogP contribution is -2.48. The van der Waals surface area contributed by atoms with E-state index in [0.29, 0.717) is 0 Å². The first-order chi connectivity index (χ1) is 6.51. The molecule has 0 N–H and O–H groups in total. The average Bonchev–Trinajstić information content (AvgIpc) is 2.73. The van der Waals surface area contributed by atoms with Crippen molar-refractivity contribution in [2.45, 2.75) is 38.9 Å². The predicted octanol–water partition coefficient (Wildman–Crippen LogP) is 1.36. The van der Waals surface area contributed by atoms with Crippen LogP contribution >= 0.6 is 11.8 Å². The molecule has 0 aliphatic carbocycles. The Kier molecular flexibility index (Phi) is 1.43. The van der Waals surface area contributed by atoms with Crippen molar-refractivity contribution in [2.24, 2.45) is 10.8 Å². The van der Waals surface area contributed by atoms with E-state index < -0.39 is 10.8 Å². The lowest BCUT2D eigenvalue weighted by atomic mass is 9.59. The van der Waals surface area contributed by atoms with Gasteiger partial charge < -0.3 is 4.74 Å². The molecule has 3 nitrogen and oxygen atoms in total. The highest BCUT2D eigenvalue weighted by Crippen LogP contribution is 2.66. The summed E-state index contributed by atoms with van der Waals surface area (Å²) in [5.41, 5.74) is -1.12. The zero-order valence-electron chi connectivity index (χ0n) is 8.20. The van der Waals surface area contributed by atoms with Crippen molar-refractivity contribution in [1.82, 2.24) is 0 Å². The van der Waals surface area contributed by atoms with E-state index in [-0.39, 0.29) is 22.4 Å². The van der Waals surface area contributed by atoms with E-state index in [1.165, 1.54) is 0 Å². The number of hydrogen-bond acceptors (Lipinski definition) is 4. The summed E-state index contributed by atoms with van der Waals surface area (Å²) in [6.07, 6.45) is 1.81. The highest BCUT2D eigenvalue weighted by atomic mass is 32.2. The third kappa shape index (κ3) is 0.634. The van der Waals surface area contributed by atoms with Gasteiger partial charge >= 0.3 is 0 Å². The van der Waals surface area contributed by atoms with Gasteiger partial charge in [0.2, 0.25) is 10.2 Å². The minimum Gasteiger partial charge on any atom is -0.373 e. The molecule has 3 fully saturated rings. The van der Waals surface area contributed by atoms with Gasteiger partial charge in [0.25, 0.3) is 0 Å². The van der Waals surface area contributed by atoms with Gasteiger partial charge in [-0.1, -0.05) is 0 Å². The highest BCUT2D eigenvalue weighted by Gasteiger charge is 2.74. The van der Waals surface area contributed by atoms with Crippen LogP contribution in [0.4, 0.5) is 0 Å². The normalized spacial score (nSPS) is 55.6. The van der Waals surface area contributed by atoms with E-state index in [1.54, 1.807) is 0 Å². The van der Waals surface area contributed by atoms with E-state index >= 15 is 0 Å². The Labute approximate surface area is 86.6 Å². The second kappa shape index (κ2) is 2.25. The van der Waals surface area contributed by atoms with Crippen molar-refractivity contribution in [1.29, 1.82) is 0 Å².